The molecule has 0 saturated carbocycles. The molecule has 1 aliphatic heterocycles. The summed E-state index contributed by atoms with van der Waals surface area (Å²) in [6.45, 7) is 1.27. The van der Waals surface area contributed by atoms with Gasteiger partial charge in [-0.25, -0.2) is 0 Å². The van der Waals surface area contributed by atoms with Crippen molar-refractivity contribution >= 4 is 39.8 Å². The monoisotopic (exact) mass is 489 g/mol. The van der Waals surface area contributed by atoms with E-state index in [4.69, 9.17) is 4.74 Å². The molecular weight excluding hydrogens is 466 g/mol. The van der Waals surface area contributed by atoms with Crippen LogP contribution in [0.1, 0.15) is 12.8 Å². The summed E-state index contributed by atoms with van der Waals surface area (Å²) in [5.74, 6) is 0.606. The lowest BCUT2D eigenvalue weighted by Crippen LogP contribution is -2.18. The average Bonchev–Trinajstić information content (AvgIpc) is 3.53. The molecule has 1 atom stereocenters. The van der Waals surface area contributed by atoms with Gasteiger partial charge in [-0.15, -0.1) is 10.2 Å². The van der Waals surface area contributed by atoms with Crippen molar-refractivity contribution in [3.63, 3.8) is 0 Å². The number of nitro benzene ring substituents is 1. The highest BCUT2D eigenvalue weighted by Gasteiger charge is 2.22. The number of nitrogens with one attached hydrogen (secondary N) is 1. The molecule has 1 aromatic heterocycles. The van der Waals surface area contributed by atoms with Crippen molar-refractivity contribution in [1.82, 2.24) is 14.8 Å². The number of fused-ring (bicyclic) bond motifs is 1. The summed E-state index contributed by atoms with van der Waals surface area (Å²) in [6, 6.07) is 19.9. The van der Waals surface area contributed by atoms with E-state index in [-0.39, 0.29) is 23.5 Å². The molecule has 3 aromatic carbocycles. The minimum absolute atomic E-state index is 0.0126. The first-order valence-electron chi connectivity index (χ1n) is 11.3. The molecule has 1 saturated heterocycles. The number of anilines is 1. The van der Waals surface area contributed by atoms with Gasteiger partial charge in [-0.2, -0.15) is 0 Å². The van der Waals surface area contributed by atoms with Crippen molar-refractivity contribution in [3.05, 3.63) is 76.8 Å². The predicted molar refractivity (Wildman–Crippen MR) is 134 cm³/mol. The van der Waals surface area contributed by atoms with E-state index in [1.807, 2.05) is 47.0 Å². The van der Waals surface area contributed by atoms with E-state index in [0.717, 1.165) is 35.9 Å². The molecule has 35 heavy (non-hydrogen) atoms. The fraction of sp³-hybridized carbons (Fsp3) is 0.240. The Balaban J connectivity index is 1.34. The van der Waals surface area contributed by atoms with E-state index in [1.54, 1.807) is 12.1 Å². The first kappa shape index (κ1) is 23.0. The van der Waals surface area contributed by atoms with Crippen LogP contribution in [0.25, 0.3) is 22.2 Å². The summed E-state index contributed by atoms with van der Waals surface area (Å²) >= 11 is 1.30. The zero-order valence-corrected chi connectivity index (χ0v) is 19.6. The Labute approximate surface area is 205 Å². The number of nitrogens with zero attached hydrogens (tertiary/aromatic N) is 4. The molecule has 5 rings (SSSR count). The van der Waals surface area contributed by atoms with Crippen LogP contribution in [0.3, 0.4) is 0 Å². The Kier molecular flexibility index (Phi) is 6.73. The van der Waals surface area contributed by atoms with Crippen molar-refractivity contribution in [2.75, 3.05) is 17.7 Å². The van der Waals surface area contributed by atoms with E-state index in [9.17, 15) is 14.9 Å². The molecule has 0 unspecified atom stereocenters. The van der Waals surface area contributed by atoms with E-state index in [1.165, 1.54) is 23.9 Å². The Bertz CT molecular complexity index is 1360. The first-order chi connectivity index (χ1) is 17.1. The molecule has 2 heterocycles. The summed E-state index contributed by atoms with van der Waals surface area (Å²) in [5.41, 5.74) is 1.49. The number of carbonyl (C=O) groups is 1. The third kappa shape index (κ3) is 5.18. The van der Waals surface area contributed by atoms with Crippen LogP contribution in [0.2, 0.25) is 0 Å². The van der Waals surface area contributed by atoms with Crippen LogP contribution in [-0.2, 0) is 16.1 Å². The van der Waals surface area contributed by atoms with Crippen LogP contribution in [0, 0.1) is 10.1 Å². The van der Waals surface area contributed by atoms with Crippen LogP contribution in [0.4, 0.5) is 11.4 Å². The third-order valence-corrected chi connectivity index (χ3v) is 6.83. The molecule has 0 spiro atoms. The number of benzene rings is 3. The summed E-state index contributed by atoms with van der Waals surface area (Å²) in [5, 5.41) is 25.3. The molecule has 10 heteroatoms. The number of carbonyl (C=O) groups excluding carboxylic acids is 1. The zero-order valence-electron chi connectivity index (χ0n) is 18.8. The van der Waals surface area contributed by atoms with Gasteiger partial charge in [0.1, 0.15) is 0 Å². The number of aromatic nitrogens is 3. The molecule has 178 valence electrons. The third-order valence-electron chi connectivity index (χ3n) is 5.86. The molecule has 0 radical (unpaired) electrons. The fourth-order valence-corrected chi connectivity index (χ4v) is 4.90. The number of nitro groups is 1. The SMILES string of the molecule is O=C(CSc1nnc(-c2ccc([N+](=O)[O-])cc2)n1C[C@@H]1CCCO1)Nc1cccc2ccccc12. The minimum Gasteiger partial charge on any atom is -0.376 e. The second-order valence-corrected chi connectivity index (χ2v) is 9.16. The number of hydrogen-bond acceptors (Lipinski definition) is 7. The Hall–Kier alpha value is -3.76. The maximum Gasteiger partial charge on any atom is 0.269 e. The molecule has 0 aliphatic carbocycles. The van der Waals surface area contributed by atoms with Crippen LogP contribution in [0.5, 0.6) is 0 Å². The molecule has 1 amide bonds. The lowest BCUT2D eigenvalue weighted by atomic mass is 10.1. The minimum atomic E-state index is -0.434. The van der Waals surface area contributed by atoms with Gasteiger partial charge in [0.15, 0.2) is 11.0 Å². The maximum absolute atomic E-state index is 12.8. The van der Waals surface area contributed by atoms with Gasteiger partial charge in [0.25, 0.3) is 5.69 Å². The van der Waals surface area contributed by atoms with Gasteiger partial charge in [0, 0.05) is 35.4 Å². The summed E-state index contributed by atoms with van der Waals surface area (Å²) in [4.78, 5) is 23.4. The zero-order chi connectivity index (χ0) is 24.2. The van der Waals surface area contributed by atoms with Gasteiger partial charge in [-0.3, -0.25) is 19.5 Å². The molecule has 1 fully saturated rings. The molecule has 1 aliphatic rings. The predicted octanol–water partition coefficient (Wildman–Crippen LogP) is 4.92. The topological polar surface area (TPSA) is 112 Å². The second-order valence-electron chi connectivity index (χ2n) is 8.22. The van der Waals surface area contributed by atoms with E-state index >= 15 is 0 Å². The first-order valence-corrected chi connectivity index (χ1v) is 12.3. The number of amides is 1. The number of rotatable bonds is 8. The number of thioether (sulfide) groups is 1. The fourth-order valence-electron chi connectivity index (χ4n) is 4.15. The van der Waals surface area contributed by atoms with E-state index in [0.29, 0.717) is 23.1 Å². The van der Waals surface area contributed by atoms with Gasteiger partial charge in [-0.05, 0) is 36.4 Å². The summed E-state index contributed by atoms with van der Waals surface area (Å²) < 4.78 is 7.75. The number of non-ortho nitro benzene ring substituents is 1. The second kappa shape index (κ2) is 10.2. The quantitative estimate of drug-likeness (QED) is 0.212. The van der Waals surface area contributed by atoms with Crippen LogP contribution >= 0.6 is 11.8 Å². The van der Waals surface area contributed by atoms with Crippen molar-refractivity contribution in [1.29, 1.82) is 0 Å². The lowest BCUT2D eigenvalue weighted by molar-refractivity contribution is -0.384. The van der Waals surface area contributed by atoms with Crippen LogP contribution in [-0.4, -0.2) is 44.1 Å². The lowest BCUT2D eigenvalue weighted by Gasteiger charge is -2.15. The highest BCUT2D eigenvalue weighted by Crippen LogP contribution is 2.28. The van der Waals surface area contributed by atoms with Crippen LogP contribution in [0.15, 0.2) is 71.9 Å². The highest BCUT2D eigenvalue weighted by molar-refractivity contribution is 7.99. The smallest absolute Gasteiger partial charge is 0.269 e. The van der Waals surface area contributed by atoms with Crippen LogP contribution < -0.4 is 5.32 Å². The molecule has 9 nitrogen and oxygen atoms in total. The van der Waals surface area contributed by atoms with Crippen molar-refractivity contribution < 1.29 is 14.5 Å². The molecule has 1 N–H and O–H groups in total. The Morgan fingerprint density at radius 1 is 1.11 bits per heavy atom. The summed E-state index contributed by atoms with van der Waals surface area (Å²) in [7, 11) is 0. The van der Waals surface area contributed by atoms with E-state index < -0.39 is 4.92 Å². The molecular formula is C25H23N5O4S. The normalized spacial score (nSPS) is 15.4. The maximum atomic E-state index is 12.8. The standard InChI is InChI=1S/C25H23N5O4S/c31-23(26-22-9-3-6-17-5-1-2-8-21(17)22)16-35-25-28-27-24(29(25)15-20-7-4-14-34-20)18-10-12-19(13-11-18)30(32)33/h1-3,5-6,8-13,20H,4,7,14-16H2,(H,26,31)/t20-/m0/s1. The molecule has 4 aromatic rings. The van der Waals surface area contributed by atoms with Gasteiger partial charge < -0.3 is 10.1 Å². The largest absolute Gasteiger partial charge is 0.376 e. The van der Waals surface area contributed by atoms with Crippen molar-refractivity contribution in [2.24, 2.45) is 0 Å². The van der Waals surface area contributed by atoms with Crippen molar-refractivity contribution in [3.8, 4) is 11.4 Å². The van der Waals surface area contributed by atoms with Gasteiger partial charge in [0.2, 0.25) is 5.91 Å². The number of ether oxygens (including phenoxy) is 1. The average molecular weight is 490 g/mol. The van der Waals surface area contributed by atoms with Gasteiger partial charge in [0.05, 0.1) is 23.3 Å². The highest BCUT2D eigenvalue weighted by atomic mass is 32.2. The van der Waals surface area contributed by atoms with Gasteiger partial charge >= 0.3 is 0 Å². The van der Waals surface area contributed by atoms with E-state index in [2.05, 4.69) is 15.5 Å². The Morgan fingerprint density at radius 3 is 2.69 bits per heavy atom. The van der Waals surface area contributed by atoms with Crippen molar-refractivity contribution in [2.45, 2.75) is 30.6 Å². The van der Waals surface area contributed by atoms with Gasteiger partial charge in [-0.1, -0.05) is 48.2 Å². The Morgan fingerprint density at radius 2 is 1.91 bits per heavy atom. The molecule has 0 bridgehead atoms. The summed E-state index contributed by atoms with van der Waals surface area (Å²) in [6.07, 6.45) is 1.96. The number of hydrogen-bond donors (Lipinski definition) is 1.